The van der Waals surface area contributed by atoms with Crippen molar-refractivity contribution >= 4 is 34.1 Å². The summed E-state index contributed by atoms with van der Waals surface area (Å²) in [4.78, 5) is 28.4. The van der Waals surface area contributed by atoms with E-state index in [1.54, 1.807) is 67.1 Å². The van der Waals surface area contributed by atoms with Crippen molar-refractivity contribution in [3.05, 3.63) is 96.6 Å². The number of nitrogens with one attached hydrogen (secondary N) is 4. The molecule has 174 valence electrons. The van der Waals surface area contributed by atoms with Crippen molar-refractivity contribution in [3.63, 3.8) is 0 Å². The molecule has 2 atom stereocenters. The van der Waals surface area contributed by atoms with Gasteiger partial charge in [0.05, 0.1) is 22.5 Å². The molecule has 2 unspecified atom stereocenters. The zero-order valence-corrected chi connectivity index (χ0v) is 18.8. The fourth-order valence-electron chi connectivity index (χ4n) is 3.39. The Morgan fingerprint density at radius 2 is 1.68 bits per heavy atom. The average molecular weight is 478 g/mol. The second-order valence-electron chi connectivity index (χ2n) is 7.47. The van der Waals surface area contributed by atoms with Crippen LogP contribution in [0, 0.1) is 0 Å². The molecule has 0 saturated heterocycles. The van der Waals surface area contributed by atoms with Crippen molar-refractivity contribution < 1.29 is 18.9 Å². The van der Waals surface area contributed by atoms with Crippen LogP contribution in [-0.2, 0) is 15.6 Å². The molecule has 0 saturated carbocycles. The normalized spacial score (nSPS) is 14.5. The van der Waals surface area contributed by atoms with E-state index in [0.29, 0.717) is 21.7 Å². The fourth-order valence-corrected chi connectivity index (χ4v) is 4.80. The van der Waals surface area contributed by atoms with Gasteiger partial charge in [0.2, 0.25) is 0 Å². The third kappa shape index (κ3) is 5.78. The minimum Gasteiger partial charge on any atom is -0.481 e. The molecule has 0 fully saturated rings. The number of hydrogen-bond donors (Lipinski definition) is 5. The Morgan fingerprint density at radius 3 is 2.29 bits per heavy atom. The fraction of sp³-hybridized carbons (Fsp3) is 0.125. The third-order valence-electron chi connectivity index (χ3n) is 5.09. The first-order valence-corrected chi connectivity index (χ1v) is 11.7. The highest BCUT2D eigenvalue weighted by Gasteiger charge is 2.24. The van der Waals surface area contributed by atoms with Crippen LogP contribution in [0.1, 0.15) is 27.6 Å². The van der Waals surface area contributed by atoms with Gasteiger partial charge in [-0.3, -0.25) is 18.8 Å². The number of carbonyl (C=O) groups excluding carboxylic acids is 1. The van der Waals surface area contributed by atoms with Gasteiger partial charge in [0.15, 0.2) is 6.29 Å². The Kier molecular flexibility index (Phi) is 7.19. The zero-order chi connectivity index (χ0) is 23.9. The van der Waals surface area contributed by atoms with E-state index in [0.717, 1.165) is 5.69 Å². The summed E-state index contributed by atoms with van der Waals surface area (Å²) >= 11 is 0. The number of pyridine rings is 1. The van der Waals surface area contributed by atoms with Crippen LogP contribution in [0.25, 0.3) is 0 Å². The number of rotatable bonds is 9. The molecule has 4 rings (SSSR count). The Hall–Kier alpha value is -4.18. The van der Waals surface area contributed by atoms with Crippen molar-refractivity contribution in [1.82, 2.24) is 15.6 Å². The first-order chi connectivity index (χ1) is 16.5. The van der Waals surface area contributed by atoms with E-state index in [-0.39, 0.29) is 18.6 Å². The van der Waals surface area contributed by atoms with E-state index in [1.807, 2.05) is 12.1 Å². The molecule has 34 heavy (non-hydrogen) atoms. The summed E-state index contributed by atoms with van der Waals surface area (Å²) < 4.78 is 13.1. The maximum Gasteiger partial charge on any atom is 0.304 e. The van der Waals surface area contributed by atoms with Gasteiger partial charge in [-0.2, -0.15) is 0 Å². The molecular weight excluding hydrogens is 454 g/mol. The second-order valence-corrected chi connectivity index (χ2v) is 9.11. The smallest absolute Gasteiger partial charge is 0.304 e. The van der Waals surface area contributed by atoms with Gasteiger partial charge in [0.25, 0.3) is 5.91 Å². The quantitative estimate of drug-likeness (QED) is 0.318. The molecule has 0 bridgehead atoms. The number of aromatic nitrogens is 1. The molecule has 9 nitrogen and oxygen atoms in total. The lowest BCUT2D eigenvalue weighted by molar-refractivity contribution is -0.137. The van der Waals surface area contributed by atoms with Crippen LogP contribution < -0.4 is 21.3 Å². The molecule has 3 aromatic rings. The molecule has 2 heterocycles. The summed E-state index contributed by atoms with van der Waals surface area (Å²) in [5.41, 5.74) is 2.47. The van der Waals surface area contributed by atoms with E-state index in [1.165, 1.54) is 6.20 Å². The summed E-state index contributed by atoms with van der Waals surface area (Å²) in [5, 5.41) is 20.7. The van der Waals surface area contributed by atoms with Crippen LogP contribution in [0.15, 0.2) is 90.4 Å². The Bertz CT molecular complexity index is 1190. The minimum absolute atomic E-state index is 0.100. The minimum atomic E-state index is -1.61. The standard InChI is InChI=1S/C24H23N5O4S/c30-22(31)14-21(17-2-1-11-25-15-17)34(33)20-9-7-18(8-10-20)28-23(32)16-3-5-19(6-4-16)29-24-26-12-13-27-24/h1-13,15,21,24,26-27,29H,14H2,(H,28,32)(H,30,31). The number of aliphatic carboxylic acids is 1. The molecule has 2 aromatic carbocycles. The lowest BCUT2D eigenvalue weighted by Crippen LogP contribution is -2.38. The summed E-state index contributed by atoms with van der Waals surface area (Å²) in [6, 6.07) is 17.0. The van der Waals surface area contributed by atoms with Crippen molar-refractivity contribution in [2.24, 2.45) is 0 Å². The summed E-state index contributed by atoms with van der Waals surface area (Å²) in [7, 11) is -1.61. The predicted molar refractivity (Wildman–Crippen MR) is 129 cm³/mol. The summed E-state index contributed by atoms with van der Waals surface area (Å²) in [5.74, 6) is -1.32. The van der Waals surface area contributed by atoms with E-state index in [4.69, 9.17) is 0 Å². The van der Waals surface area contributed by atoms with E-state index in [2.05, 4.69) is 26.3 Å². The summed E-state index contributed by atoms with van der Waals surface area (Å²) in [6.07, 6.45) is 6.31. The van der Waals surface area contributed by atoms with Crippen molar-refractivity contribution in [2.75, 3.05) is 10.6 Å². The van der Waals surface area contributed by atoms with Crippen molar-refractivity contribution in [2.45, 2.75) is 22.9 Å². The monoisotopic (exact) mass is 477 g/mol. The lowest BCUT2D eigenvalue weighted by Gasteiger charge is -2.16. The predicted octanol–water partition coefficient (Wildman–Crippen LogP) is 3.02. The first kappa shape index (κ1) is 23.0. The number of amides is 1. The third-order valence-corrected chi connectivity index (χ3v) is 6.78. The Balaban J connectivity index is 1.40. The topological polar surface area (TPSA) is 132 Å². The van der Waals surface area contributed by atoms with Crippen LogP contribution in [0.2, 0.25) is 0 Å². The van der Waals surface area contributed by atoms with Crippen molar-refractivity contribution in [3.8, 4) is 0 Å². The molecule has 5 N–H and O–H groups in total. The highest BCUT2D eigenvalue weighted by atomic mass is 32.2. The van der Waals surface area contributed by atoms with Gasteiger partial charge >= 0.3 is 5.97 Å². The SMILES string of the molecule is O=C(O)CC(c1cccnc1)S(=O)c1ccc(NC(=O)c2ccc(NC3NC=CN3)cc2)cc1. The van der Waals surface area contributed by atoms with Gasteiger partial charge in [-0.1, -0.05) is 6.07 Å². The van der Waals surface area contributed by atoms with Gasteiger partial charge in [0, 0.05) is 46.6 Å². The molecule has 1 aliphatic rings. The maximum atomic E-state index is 13.1. The largest absolute Gasteiger partial charge is 0.481 e. The van der Waals surface area contributed by atoms with Gasteiger partial charge in [-0.25, -0.2) is 0 Å². The maximum absolute atomic E-state index is 13.1. The summed E-state index contributed by atoms with van der Waals surface area (Å²) in [6.45, 7) is 0. The number of benzene rings is 2. The van der Waals surface area contributed by atoms with E-state index >= 15 is 0 Å². The second kappa shape index (κ2) is 10.6. The van der Waals surface area contributed by atoms with Crippen LogP contribution in [0.5, 0.6) is 0 Å². The van der Waals surface area contributed by atoms with E-state index in [9.17, 15) is 18.9 Å². The molecule has 1 amide bonds. The molecule has 0 spiro atoms. The van der Waals surface area contributed by atoms with Gasteiger partial charge < -0.3 is 26.4 Å². The number of carboxylic acids is 1. The highest BCUT2D eigenvalue weighted by Crippen LogP contribution is 2.28. The lowest BCUT2D eigenvalue weighted by atomic mass is 10.1. The number of carbonyl (C=O) groups is 2. The van der Waals surface area contributed by atoms with Gasteiger partial charge in [0.1, 0.15) is 0 Å². The molecular formula is C24H23N5O4S. The number of anilines is 2. The van der Waals surface area contributed by atoms with E-state index < -0.39 is 22.0 Å². The average Bonchev–Trinajstić information content (AvgIpc) is 3.36. The Morgan fingerprint density at radius 1 is 1.00 bits per heavy atom. The molecule has 0 aliphatic carbocycles. The molecule has 1 aromatic heterocycles. The van der Waals surface area contributed by atoms with Crippen LogP contribution >= 0.6 is 0 Å². The Labute approximate surface area is 198 Å². The van der Waals surface area contributed by atoms with Crippen molar-refractivity contribution in [1.29, 1.82) is 0 Å². The molecule has 0 radical (unpaired) electrons. The van der Waals surface area contributed by atoms with Crippen LogP contribution in [0.4, 0.5) is 11.4 Å². The van der Waals surface area contributed by atoms with Crippen LogP contribution in [0.3, 0.4) is 0 Å². The zero-order valence-electron chi connectivity index (χ0n) is 18.0. The molecule has 1 aliphatic heterocycles. The van der Waals surface area contributed by atoms with Gasteiger partial charge in [-0.05, 0) is 60.2 Å². The number of carboxylic acid groups (broad SMARTS) is 1. The first-order valence-electron chi connectivity index (χ1n) is 10.5. The van der Waals surface area contributed by atoms with Crippen LogP contribution in [-0.4, -0.2) is 32.5 Å². The highest BCUT2D eigenvalue weighted by molar-refractivity contribution is 7.85. The number of nitrogens with zero attached hydrogens (tertiary/aromatic N) is 1. The molecule has 10 heteroatoms. The van der Waals surface area contributed by atoms with Gasteiger partial charge in [-0.15, -0.1) is 0 Å². The number of hydrogen-bond acceptors (Lipinski definition) is 7.